The van der Waals surface area contributed by atoms with Crippen LogP contribution in [0.3, 0.4) is 0 Å². The maximum Gasteiger partial charge on any atom is 0.319 e. The Morgan fingerprint density at radius 1 is 1.21 bits per heavy atom. The molecule has 2 aromatic rings. The summed E-state index contributed by atoms with van der Waals surface area (Å²) in [5.74, 6) is -0.0172. The largest absolute Gasteiger partial charge is 0.328 e. The van der Waals surface area contributed by atoms with Crippen molar-refractivity contribution in [1.82, 2.24) is 15.5 Å². The third kappa shape index (κ3) is 2.59. The van der Waals surface area contributed by atoms with Crippen LogP contribution in [0.15, 0.2) is 53.0 Å². The van der Waals surface area contributed by atoms with Crippen LogP contribution in [0.4, 0.5) is 4.79 Å². The lowest BCUT2D eigenvalue weighted by molar-refractivity contribution is -0.126. The van der Waals surface area contributed by atoms with E-state index in [-0.39, 0.29) is 11.9 Å². The number of thiophene rings is 1. The number of nitrogens with one attached hydrogen (secondary N) is 2. The quantitative estimate of drug-likeness (QED) is 0.903. The predicted octanol–water partition coefficient (Wildman–Crippen LogP) is 2.71. The van der Waals surface area contributed by atoms with Crippen LogP contribution in [-0.2, 0) is 11.3 Å². The second kappa shape index (κ2) is 5.79. The Bertz CT molecular complexity index is 824. The molecule has 0 saturated heterocycles. The molecular weight excluding hydrogens is 322 g/mol. The Hall–Kier alpha value is -2.60. The highest BCUT2D eigenvalue weighted by Gasteiger charge is 2.40. The van der Waals surface area contributed by atoms with E-state index in [0.29, 0.717) is 24.4 Å². The van der Waals surface area contributed by atoms with E-state index in [4.69, 9.17) is 0 Å². The van der Waals surface area contributed by atoms with Gasteiger partial charge >= 0.3 is 6.03 Å². The summed E-state index contributed by atoms with van der Waals surface area (Å²) in [7, 11) is 0. The summed E-state index contributed by atoms with van der Waals surface area (Å²) < 4.78 is 0. The highest BCUT2D eigenvalue weighted by atomic mass is 32.1. The third-order valence-electron chi connectivity index (χ3n) is 4.36. The van der Waals surface area contributed by atoms with Crippen molar-refractivity contribution in [2.24, 2.45) is 0 Å². The summed E-state index contributed by atoms with van der Waals surface area (Å²) in [6.07, 6.45) is 0. The molecule has 3 heterocycles. The lowest BCUT2D eigenvalue weighted by Crippen LogP contribution is -2.44. The van der Waals surface area contributed by atoms with Crippen LogP contribution in [0.2, 0.25) is 0 Å². The van der Waals surface area contributed by atoms with Crippen LogP contribution in [0, 0.1) is 6.92 Å². The van der Waals surface area contributed by atoms with Crippen LogP contribution in [-0.4, -0.2) is 23.4 Å². The minimum atomic E-state index is -0.393. The maximum absolute atomic E-state index is 12.9. The molecule has 2 aliphatic heterocycles. The van der Waals surface area contributed by atoms with Crippen molar-refractivity contribution in [3.63, 3.8) is 0 Å². The molecule has 4 rings (SSSR count). The topological polar surface area (TPSA) is 61.4 Å². The molecule has 0 aliphatic carbocycles. The average Bonchev–Trinajstić information content (AvgIpc) is 3.17. The summed E-state index contributed by atoms with van der Waals surface area (Å²) in [5.41, 5.74) is 3.43. The Balaban J connectivity index is 1.64. The Kier molecular flexibility index (Phi) is 3.61. The smallest absolute Gasteiger partial charge is 0.319 e. The first kappa shape index (κ1) is 15.0. The third-order valence-corrected chi connectivity index (χ3v) is 5.22. The van der Waals surface area contributed by atoms with Crippen LogP contribution in [0.1, 0.15) is 22.0 Å². The molecular formula is C18H17N3O2S. The van der Waals surface area contributed by atoms with Crippen LogP contribution in [0.5, 0.6) is 0 Å². The number of amides is 3. The number of carbonyl (C=O) groups is 2. The van der Waals surface area contributed by atoms with Crippen molar-refractivity contribution < 1.29 is 9.59 Å². The lowest BCUT2D eigenvalue weighted by Gasteiger charge is -2.25. The number of hydrogen-bond acceptors (Lipinski definition) is 3. The summed E-state index contributed by atoms with van der Waals surface area (Å²) >= 11 is 1.63. The number of benzene rings is 1. The van der Waals surface area contributed by atoms with Crippen molar-refractivity contribution in [3.8, 4) is 0 Å². The van der Waals surface area contributed by atoms with Gasteiger partial charge in [-0.25, -0.2) is 4.79 Å². The van der Waals surface area contributed by atoms with Gasteiger partial charge in [0.15, 0.2) is 0 Å². The molecule has 2 N–H and O–H groups in total. The fourth-order valence-corrected chi connectivity index (χ4v) is 3.87. The van der Waals surface area contributed by atoms with Crippen molar-refractivity contribution in [2.45, 2.75) is 19.5 Å². The SMILES string of the molecule is Cc1ccc(C2NC(=O)NC3=C2C(=O)N(Cc2cccs2)C3)cc1. The first-order valence-corrected chi connectivity index (χ1v) is 8.68. The molecule has 1 atom stereocenters. The molecule has 1 aromatic heterocycles. The van der Waals surface area contributed by atoms with Gasteiger partial charge in [0.05, 0.1) is 30.4 Å². The number of nitrogens with zero attached hydrogens (tertiary/aromatic N) is 1. The fourth-order valence-electron chi connectivity index (χ4n) is 3.16. The van der Waals surface area contributed by atoms with Crippen molar-refractivity contribution >= 4 is 23.3 Å². The number of hydrogen-bond donors (Lipinski definition) is 2. The molecule has 0 fully saturated rings. The van der Waals surface area contributed by atoms with E-state index in [1.165, 1.54) is 0 Å². The van der Waals surface area contributed by atoms with Gasteiger partial charge in [-0.3, -0.25) is 4.79 Å². The number of urea groups is 1. The first-order chi connectivity index (χ1) is 11.6. The summed E-state index contributed by atoms with van der Waals surface area (Å²) in [6.45, 7) is 3.03. The monoisotopic (exact) mass is 339 g/mol. The number of carbonyl (C=O) groups excluding carboxylic acids is 2. The molecule has 1 aromatic carbocycles. The van der Waals surface area contributed by atoms with Crippen LogP contribution >= 0.6 is 11.3 Å². The minimum absolute atomic E-state index is 0.0172. The zero-order valence-corrected chi connectivity index (χ0v) is 14.0. The van der Waals surface area contributed by atoms with Gasteiger partial charge in [0.25, 0.3) is 5.91 Å². The summed E-state index contributed by atoms with van der Waals surface area (Å²) in [5, 5.41) is 7.68. The molecule has 0 bridgehead atoms. The average molecular weight is 339 g/mol. The van der Waals surface area contributed by atoms with E-state index < -0.39 is 6.04 Å². The van der Waals surface area contributed by atoms with E-state index in [2.05, 4.69) is 10.6 Å². The van der Waals surface area contributed by atoms with Gasteiger partial charge in [0, 0.05) is 4.88 Å². The minimum Gasteiger partial charge on any atom is -0.328 e. The van der Waals surface area contributed by atoms with Crippen molar-refractivity contribution in [3.05, 3.63) is 69.1 Å². The molecule has 2 aliphatic rings. The molecule has 5 nitrogen and oxygen atoms in total. The maximum atomic E-state index is 12.9. The van der Waals surface area contributed by atoms with Crippen molar-refractivity contribution in [2.75, 3.05) is 6.54 Å². The summed E-state index contributed by atoms with van der Waals surface area (Å²) in [6, 6.07) is 11.3. The van der Waals surface area contributed by atoms with E-state index in [1.54, 1.807) is 16.2 Å². The molecule has 0 spiro atoms. The van der Waals surface area contributed by atoms with Gasteiger partial charge in [-0.05, 0) is 23.9 Å². The molecule has 24 heavy (non-hydrogen) atoms. The van der Waals surface area contributed by atoms with Gasteiger partial charge < -0.3 is 15.5 Å². The number of rotatable bonds is 3. The van der Waals surface area contributed by atoms with E-state index >= 15 is 0 Å². The van der Waals surface area contributed by atoms with E-state index in [9.17, 15) is 9.59 Å². The highest BCUT2D eigenvalue weighted by molar-refractivity contribution is 7.09. The fraction of sp³-hybridized carbons (Fsp3) is 0.222. The van der Waals surface area contributed by atoms with Gasteiger partial charge in [-0.2, -0.15) is 0 Å². The van der Waals surface area contributed by atoms with Crippen LogP contribution < -0.4 is 10.6 Å². The van der Waals surface area contributed by atoms with Gasteiger partial charge in [0.2, 0.25) is 0 Å². The van der Waals surface area contributed by atoms with E-state index in [1.807, 2.05) is 48.7 Å². The second-order valence-corrected chi connectivity index (χ2v) is 7.11. The molecule has 1 unspecified atom stereocenters. The van der Waals surface area contributed by atoms with E-state index in [0.717, 1.165) is 16.0 Å². The number of aryl methyl sites for hydroxylation is 1. The zero-order valence-electron chi connectivity index (χ0n) is 13.2. The Morgan fingerprint density at radius 2 is 2.00 bits per heavy atom. The molecule has 0 radical (unpaired) electrons. The Morgan fingerprint density at radius 3 is 2.71 bits per heavy atom. The van der Waals surface area contributed by atoms with Crippen LogP contribution in [0.25, 0.3) is 0 Å². The molecule has 6 heteroatoms. The molecule has 3 amide bonds. The Labute approximate surface area is 144 Å². The summed E-state index contributed by atoms with van der Waals surface area (Å²) in [4.78, 5) is 27.8. The zero-order chi connectivity index (χ0) is 16.7. The van der Waals surface area contributed by atoms with Gasteiger partial charge in [0.1, 0.15) is 0 Å². The van der Waals surface area contributed by atoms with Gasteiger partial charge in [-0.1, -0.05) is 35.9 Å². The standard InChI is InChI=1S/C18H17N3O2S/c1-11-4-6-12(7-5-11)16-15-14(19-18(23)20-16)10-21(17(15)22)9-13-3-2-8-24-13/h2-8,16H,9-10H2,1H3,(H2,19,20,23). The molecule has 0 saturated carbocycles. The first-order valence-electron chi connectivity index (χ1n) is 7.80. The second-order valence-electron chi connectivity index (χ2n) is 6.07. The van der Waals surface area contributed by atoms with Gasteiger partial charge in [-0.15, -0.1) is 11.3 Å². The lowest BCUT2D eigenvalue weighted by atomic mass is 9.95. The van der Waals surface area contributed by atoms with Crippen molar-refractivity contribution in [1.29, 1.82) is 0 Å². The predicted molar refractivity (Wildman–Crippen MR) is 92.3 cm³/mol. The normalized spacial score (nSPS) is 20.0. The molecule has 122 valence electrons. The highest BCUT2D eigenvalue weighted by Crippen LogP contribution is 2.33.